The second-order valence-electron chi connectivity index (χ2n) is 7.87. The molecule has 1 aromatic carbocycles. The van der Waals surface area contributed by atoms with Gasteiger partial charge in [0.05, 0.1) is 19.0 Å². The van der Waals surface area contributed by atoms with Gasteiger partial charge in [-0.25, -0.2) is 0 Å². The Hall–Kier alpha value is -2.93. The fraction of sp³-hybridized carbons (Fsp3) is 0.409. The number of hydrogen-bond donors (Lipinski definition) is 0. The highest BCUT2D eigenvalue weighted by Crippen LogP contribution is 2.50. The third kappa shape index (κ3) is 2.64. The van der Waals surface area contributed by atoms with Gasteiger partial charge in [0.25, 0.3) is 11.5 Å². The summed E-state index contributed by atoms with van der Waals surface area (Å²) in [6.45, 7) is 3.45. The molecule has 0 aliphatic carbocycles. The molecule has 2 aromatic rings. The number of ether oxygens (including phenoxy) is 1. The zero-order chi connectivity index (χ0) is 20.2. The van der Waals surface area contributed by atoms with E-state index in [4.69, 9.17) is 4.74 Å². The average Bonchev–Trinajstić information content (AvgIpc) is 3.36. The monoisotopic (exact) mass is 393 g/mol. The fourth-order valence-corrected chi connectivity index (χ4v) is 4.98. The van der Waals surface area contributed by atoms with E-state index in [2.05, 4.69) is 0 Å². The standard InChI is InChI=1S/C22H23N3O4/c1-2-23-10-8-16(12-19(23)26)21(28)24-11-9-22-18(24)13-20(27)25(22)14-17(29-22)15-6-4-3-5-7-15/h3-8,10,12,17-18H,2,9,11,13-14H2,1H3/t17-,18+,22-/m0/s1. The van der Waals surface area contributed by atoms with Crippen molar-refractivity contribution in [2.75, 3.05) is 13.1 Å². The first kappa shape index (κ1) is 18.1. The van der Waals surface area contributed by atoms with Gasteiger partial charge in [-0.2, -0.15) is 0 Å². The minimum atomic E-state index is -0.758. The number of amides is 2. The van der Waals surface area contributed by atoms with Gasteiger partial charge in [-0.3, -0.25) is 14.4 Å². The smallest absolute Gasteiger partial charge is 0.254 e. The lowest BCUT2D eigenvalue weighted by molar-refractivity contribution is -0.138. The van der Waals surface area contributed by atoms with Crippen molar-refractivity contribution >= 4 is 11.8 Å². The van der Waals surface area contributed by atoms with Crippen molar-refractivity contribution in [3.05, 3.63) is 70.1 Å². The van der Waals surface area contributed by atoms with Gasteiger partial charge in [0.1, 0.15) is 6.10 Å². The molecule has 0 radical (unpaired) electrons. The number of pyridine rings is 1. The van der Waals surface area contributed by atoms with Crippen LogP contribution in [0.25, 0.3) is 0 Å². The summed E-state index contributed by atoms with van der Waals surface area (Å²) in [5.41, 5.74) is 0.444. The van der Waals surface area contributed by atoms with Crippen LogP contribution in [-0.4, -0.2) is 51.0 Å². The van der Waals surface area contributed by atoms with Gasteiger partial charge in [-0.1, -0.05) is 30.3 Å². The molecule has 0 N–H and O–H groups in total. The van der Waals surface area contributed by atoms with Crippen LogP contribution in [0.5, 0.6) is 0 Å². The third-order valence-electron chi connectivity index (χ3n) is 6.44. The molecule has 7 nitrogen and oxygen atoms in total. The van der Waals surface area contributed by atoms with Crippen molar-refractivity contribution in [2.45, 2.75) is 44.2 Å². The number of aryl methyl sites for hydroxylation is 1. The minimum absolute atomic E-state index is 0.0207. The van der Waals surface area contributed by atoms with Crippen molar-refractivity contribution in [1.29, 1.82) is 0 Å². The molecule has 2 amide bonds. The molecular formula is C22H23N3O4. The van der Waals surface area contributed by atoms with E-state index in [-0.39, 0.29) is 35.9 Å². The number of aromatic nitrogens is 1. The first-order chi connectivity index (χ1) is 14.0. The molecule has 7 heteroatoms. The number of nitrogens with zero attached hydrogens (tertiary/aromatic N) is 3. The highest BCUT2D eigenvalue weighted by atomic mass is 16.5. The maximum absolute atomic E-state index is 13.2. The molecular weight excluding hydrogens is 370 g/mol. The van der Waals surface area contributed by atoms with Crippen LogP contribution in [0.2, 0.25) is 0 Å². The lowest BCUT2D eigenvalue weighted by Crippen LogP contribution is -2.48. The van der Waals surface area contributed by atoms with Gasteiger partial charge in [0, 0.05) is 37.3 Å². The maximum Gasteiger partial charge on any atom is 0.254 e. The van der Waals surface area contributed by atoms with E-state index in [0.717, 1.165) is 5.56 Å². The molecule has 3 fully saturated rings. The van der Waals surface area contributed by atoms with Crippen molar-refractivity contribution in [2.24, 2.45) is 0 Å². The summed E-state index contributed by atoms with van der Waals surface area (Å²) in [7, 11) is 0. The number of likely N-dealkylation sites (tertiary alicyclic amines) is 1. The quantitative estimate of drug-likeness (QED) is 0.797. The van der Waals surface area contributed by atoms with Gasteiger partial charge in [-0.15, -0.1) is 0 Å². The van der Waals surface area contributed by atoms with Crippen LogP contribution >= 0.6 is 0 Å². The Morgan fingerprint density at radius 1 is 1.21 bits per heavy atom. The number of carbonyl (C=O) groups is 2. The normalized spacial score (nSPS) is 28.0. The number of carbonyl (C=O) groups excluding carboxylic acids is 2. The summed E-state index contributed by atoms with van der Waals surface area (Å²) >= 11 is 0. The number of hydrogen-bond acceptors (Lipinski definition) is 4. The Morgan fingerprint density at radius 3 is 2.72 bits per heavy atom. The SMILES string of the molecule is CCn1ccc(C(=O)N2CC[C@@]34O[C@H](c5ccccc5)CN3C(=O)C[C@@H]24)cc1=O. The van der Waals surface area contributed by atoms with Gasteiger partial charge >= 0.3 is 0 Å². The molecule has 150 valence electrons. The summed E-state index contributed by atoms with van der Waals surface area (Å²) in [5, 5.41) is 0. The Bertz CT molecular complexity index is 1030. The molecule has 0 bridgehead atoms. The van der Waals surface area contributed by atoms with Crippen LogP contribution in [0.3, 0.4) is 0 Å². The highest BCUT2D eigenvalue weighted by molar-refractivity contribution is 5.95. The molecule has 3 saturated heterocycles. The Morgan fingerprint density at radius 2 is 2.00 bits per heavy atom. The van der Waals surface area contributed by atoms with E-state index in [1.165, 1.54) is 6.07 Å². The van der Waals surface area contributed by atoms with Crippen molar-refractivity contribution in [1.82, 2.24) is 14.4 Å². The molecule has 29 heavy (non-hydrogen) atoms. The molecule has 3 atom stereocenters. The van der Waals surface area contributed by atoms with Gasteiger partial charge < -0.3 is 19.1 Å². The van der Waals surface area contributed by atoms with Crippen LogP contribution in [0.4, 0.5) is 0 Å². The summed E-state index contributed by atoms with van der Waals surface area (Å²) in [6.07, 6.45) is 2.31. The van der Waals surface area contributed by atoms with Crippen LogP contribution in [0.15, 0.2) is 53.5 Å². The van der Waals surface area contributed by atoms with Crippen LogP contribution in [0.1, 0.15) is 41.8 Å². The molecule has 4 heterocycles. The Labute approximate surface area is 168 Å². The van der Waals surface area contributed by atoms with Gasteiger partial charge in [0.15, 0.2) is 5.72 Å². The summed E-state index contributed by atoms with van der Waals surface area (Å²) in [4.78, 5) is 41.6. The lowest BCUT2D eigenvalue weighted by Gasteiger charge is -2.32. The minimum Gasteiger partial charge on any atom is -0.343 e. The fourth-order valence-electron chi connectivity index (χ4n) is 4.98. The predicted octanol–water partition coefficient (Wildman–Crippen LogP) is 1.78. The van der Waals surface area contributed by atoms with E-state index in [1.807, 2.05) is 42.2 Å². The molecule has 0 saturated carbocycles. The Balaban J connectivity index is 1.43. The number of rotatable bonds is 3. The predicted molar refractivity (Wildman–Crippen MR) is 105 cm³/mol. The molecule has 1 spiro atoms. The zero-order valence-electron chi connectivity index (χ0n) is 16.3. The average molecular weight is 393 g/mol. The third-order valence-corrected chi connectivity index (χ3v) is 6.44. The van der Waals surface area contributed by atoms with Crippen LogP contribution in [-0.2, 0) is 16.1 Å². The van der Waals surface area contributed by atoms with Crippen molar-refractivity contribution < 1.29 is 14.3 Å². The van der Waals surface area contributed by atoms with Gasteiger partial charge in [-0.05, 0) is 18.6 Å². The molecule has 3 aliphatic rings. The van der Waals surface area contributed by atoms with Crippen molar-refractivity contribution in [3.63, 3.8) is 0 Å². The lowest BCUT2D eigenvalue weighted by atomic mass is 10.1. The second kappa shape index (κ2) is 6.56. The van der Waals surface area contributed by atoms with Crippen LogP contribution in [0, 0.1) is 0 Å². The van der Waals surface area contributed by atoms with E-state index < -0.39 is 5.72 Å². The van der Waals surface area contributed by atoms with E-state index in [1.54, 1.807) is 21.7 Å². The summed E-state index contributed by atoms with van der Waals surface area (Å²) in [5.74, 6) is -0.194. The molecule has 5 rings (SSSR count). The number of benzene rings is 1. The van der Waals surface area contributed by atoms with E-state index in [9.17, 15) is 14.4 Å². The van der Waals surface area contributed by atoms with Gasteiger partial charge in [0.2, 0.25) is 5.91 Å². The Kier molecular flexibility index (Phi) is 4.10. The van der Waals surface area contributed by atoms with E-state index in [0.29, 0.717) is 31.6 Å². The van der Waals surface area contributed by atoms with Crippen LogP contribution < -0.4 is 5.56 Å². The first-order valence-electron chi connectivity index (χ1n) is 10.1. The largest absolute Gasteiger partial charge is 0.343 e. The second-order valence-corrected chi connectivity index (χ2v) is 7.87. The maximum atomic E-state index is 13.2. The molecule has 3 aliphatic heterocycles. The summed E-state index contributed by atoms with van der Waals surface area (Å²) in [6, 6.07) is 12.6. The highest BCUT2D eigenvalue weighted by Gasteiger charge is 2.65. The van der Waals surface area contributed by atoms with Crippen molar-refractivity contribution in [3.8, 4) is 0 Å². The van der Waals surface area contributed by atoms with E-state index >= 15 is 0 Å². The zero-order valence-corrected chi connectivity index (χ0v) is 16.3. The first-order valence-corrected chi connectivity index (χ1v) is 10.1. The topological polar surface area (TPSA) is 71.8 Å². The molecule has 1 aromatic heterocycles. The summed E-state index contributed by atoms with van der Waals surface area (Å²) < 4.78 is 8.02. The molecule has 0 unspecified atom stereocenters.